The lowest BCUT2D eigenvalue weighted by Gasteiger charge is -2.43. The molecule has 1 aliphatic carbocycles. The van der Waals surface area contributed by atoms with E-state index in [0.29, 0.717) is 0 Å². The second-order valence-electron chi connectivity index (χ2n) is 9.16. The van der Waals surface area contributed by atoms with Crippen LogP contribution in [-0.4, -0.2) is 71.6 Å². The summed E-state index contributed by atoms with van der Waals surface area (Å²) in [6, 6.07) is 0.842. The summed E-state index contributed by atoms with van der Waals surface area (Å²) in [4.78, 5) is 17.3. The molecule has 1 saturated heterocycles. The average molecular weight is 408 g/mol. The van der Waals surface area contributed by atoms with E-state index in [-0.39, 0.29) is 0 Å². The Labute approximate surface area is 182 Å². The lowest BCUT2D eigenvalue weighted by molar-refractivity contribution is 0.120. The molecule has 2 fully saturated rings. The highest BCUT2D eigenvalue weighted by molar-refractivity contribution is 5.37. The van der Waals surface area contributed by atoms with Gasteiger partial charge in [-0.2, -0.15) is 0 Å². The summed E-state index contributed by atoms with van der Waals surface area (Å²) in [6.45, 7) is 19.7. The molecule has 30 heavy (non-hydrogen) atoms. The Morgan fingerprint density at radius 1 is 1.10 bits per heavy atom. The molecule has 162 valence electrons. The quantitative estimate of drug-likeness (QED) is 0.673. The minimum absolute atomic E-state index is 0.842. The summed E-state index contributed by atoms with van der Waals surface area (Å²) < 4.78 is 0. The normalized spacial score (nSPS) is 22.0. The Morgan fingerprint density at radius 3 is 2.47 bits per heavy atom. The molecule has 0 radical (unpaired) electrons. The first-order valence-corrected chi connectivity index (χ1v) is 11.6. The van der Waals surface area contributed by atoms with Crippen molar-refractivity contribution in [3.8, 4) is 0 Å². The van der Waals surface area contributed by atoms with Crippen LogP contribution >= 0.6 is 0 Å². The molecule has 0 bridgehead atoms. The molecule has 0 N–H and O–H groups in total. The molecule has 1 saturated carbocycles. The van der Waals surface area contributed by atoms with Crippen molar-refractivity contribution in [2.45, 2.75) is 52.0 Å². The van der Waals surface area contributed by atoms with Crippen molar-refractivity contribution >= 4 is 5.95 Å². The summed E-state index contributed by atoms with van der Waals surface area (Å²) >= 11 is 0. The molecule has 2 aliphatic heterocycles. The number of piperazine rings is 1. The molecule has 5 nitrogen and oxygen atoms in total. The predicted octanol–water partition coefficient (Wildman–Crippen LogP) is 3.63. The van der Waals surface area contributed by atoms with Gasteiger partial charge in [-0.25, -0.2) is 9.97 Å². The second-order valence-corrected chi connectivity index (χ2v) is 9.16. The van der Waals surface area contributed by atoms with Crippen LogP contribution in [-0.2, 0) is 12.8 Å². The largest absolute Gasteiger partial charge is 0.338 e. The van der Waals surface area contributed by atoms with Gasteiger partial charge in [-0.05, 0) is 49.8 Å². The highest BCUT2D eigenvalue weighted by Gasteiger charge is 2.29. The van der Waals surface area contributed by atoms with Gasteiger partial charge in [0.1, 0.15) is 0 Å². The summed E-state index contributed by atoms with van der Waals surface area (Å²) in [5.41, 5.74) is 6.22. The molecule has 0 unspecified atom stereocenters. The van der Waals surface area contributed by atoms with Gasteiger partial charge < -0.3 is 4.90 Å². The molecule has 1 aromatic heterocycles. The Hall–Kier alpha value is -1.98. The van der Waals surface area contributed by atoms with Crippen LogP contribution in [0.15, 0.2) is 42.2 Å². The Balaban J connectivity index is 1.38. The number of anilines is 1. The summed E-state index contributed by atoms with van der Waals surface area (Å²) in [5, 5.41) is 0. The Bertz CT molecular complexity index is 815. The molecule has 4 rings (SSSR count). The molecule has 0 aromatic carbocycles. The van der Waals surface area contributed by atoms with E-state index in [1.807, 2.05) is 6.08 Å². The predicted molar refractivity (Wildman–Crippen MR) is 125 cm³/mol. The van der Waals surface area contributed by atoms with Gasteiger partial charge in [0.25, 0.3) is 0 Å². The first kappa shape index (κ1) is 21.3. The molecule has 0 atom stereocenters. The average Bonchev–Trinajstić information content (AvgIpc) is 2.92. The zero-order valence-corrected chi connectivity index (χ0v) is 18.9. The third-order valence-corrected chi connectivity index (χ3v) is 7.25. The molecule has 1 aromatic rings. The van der Waals surface area contributed by atoms with Gasteiger partial charge in [0.15, 0.2) is 0 Å². The topological polar surface area (TPSA) is 35.5 Å². The third-order valence-electron chi connectivity index (χ3n) is 7.25. The van der Waals surface area contributed by atoms with Crippen molar-refractivity contribution in [2.24, 2.45) is 0 Å². The van der Waals surface area contributed by atoms with E-state index in [9.17, 15) is 0 Å². The number of hydrogen-bond donors (Lipinski definition) is 0. The maximum absolute atomic E-state index is 5.02. The number of hydrogen-bond acceptors (Lipinski definition) is 5. The van der Waals surface area contributed by atoms with Crippen LogP contribution in [0, 0.1) is 0 Å². The third kappa shape index (κ3) is 4.68. The smallest absolute Gasteiger partial charge is 0.225 e. The van der Waals surface area contributed by atoms with Crippen molar-refractivity contribution in [3.05, 3.63) is 53.4 Å². The zero-order chi connectivity index (χ0) is 21.1. The van der Waals surface area contributed by atoms with Crippen LogP contribution in [0.3, 0.4) is 0 Å². The van der Waals surface area contributed by atoms with Crippen molar-refractivity contribution in [2.75, 3.05) is 50.7 Å². The van der Waals surface area contributed by atoms with E-state index in [2.05, 4.69) is 47.9 Å². The zero-order valence-electron chi connectivity index (χ0n) is 18.9. The maximum Gasteiger partial charge on any atom is 0.225 e. The van der Waals surface area contributed by atoms with Crippen molar-refractivity contribution in [3.63, 3.8) is 0 Å². The fourth-order valence-corrected chi connectivity index (χ4v) is 4.71. The van der Waals surface area contributed by atoms with Gasteiger partial charge in [0, 0.05) is 64.5 Å². The van der Waals surface area contributed by atoms with Gasteiger partial charge in [-0.15, -0.1) is 0 Å². The fraction of sp³-hybridized carbons (Fsp3) is 0.600. The lowest BCUT2D eigenvalue weighted by Crippen LogP contribution is -2.52. The number of nitrogens with zero attached hydrogens (tertiary/aromatic N) is 5. The van der Waals surface area contributed by atoms with Gasteiger partial charge in [0.05, 0.1) is 5.69 Å². The van der Waals surface area contributed by atoms with E-state index in [0.717, 1.165) is 76.2 Å². The van der Waals surface area contributed by atoms with E-state index >= 15 is 0 Å². The van der Waals surface area contributed by atoms with E-state index in [4.69, 9.17) is 9.97 Å². The molecule has 3 heterocycles. The Kier molecular flexibility index (Phi) is 6.69. The minimum atomic E-state index is 0.842. The fourth-order valence-electron chi connectivity index (χ4n) is 4.71. The molecule has 0 spiro atoms. The Morgan fingerprint density at radius 2 is 1.83 bits per heavy atom. The first-order chi connectivity index (χ1) is 14.5. The van der Waals surface area contributed by atoms with Gasteiger partial charge in [0.2, 0.25) is 5.95 Å². The number of fused-ring (bicyclic) bond motifs is 1. The summed E-state index contributed by atoms with van der Waals surface area (Å²) in [6.07, 6.45) is 10.3. The highest BCUT2D eigenvalue weighted by Crippen LogP contribution is 2.26. The SMILES string of the molecule is C=C/C(CN1CCc2cnc(N3CCN(C4CCC4)CC3)nc2CC1)=C(/C)C(=C)C. The van der Waals surface area contributed by atoms with E-state index in [1.54, 1.807) is 0 Å². The van der Waals surface area contributed by atoms with Crippen LogP contribution in [0.4, 0.5) is 5.95 Å². The van der Waals surface area contributed by atoms with Crippen LogP contribution in [0.2, 0.25) is 0 Å². The van der Waals surface area contributed by atoms with Crippen molar-refractivity contribution < 1.29 is 0 Å². The number of aromatic nitrogens is 2. The lowest BCUT2D eigenvalue weighted by atomic mass is 9.91. The van der Waals surface area contributed by atoms with Gasteiger partial charge >= 0.3 is 0 Å². The maximum atomic E-state index is 5.02. The van der Waals surface area contributed by atoms with Crippen LogP contribution < -0.4 is 4.90 Å². The highest BCUT2D eigenvalue weighted by atomic mass is 15.3. The first-order valence-electron chi connectivity index (χ1n) is 11.6. The summed E-state index contributed by atoms with van der Waals surface area (Å²) in [7, 11) is 0. The second kappa shape index (κ2) is 9.44. The number of allylic oxidation sites excluding steroid dienone is 2. The monoisotopic (exact) mass is 407 g/mol. The standard InChI is InChI=1S/C25H37N5/c1-5-21(20(4)19(2)3)18-28-11-9-22-17-26-25(27-24(22)10-12-28)30-15-13-29(14-16-30)23-7-6-8-23/h5,17,23H,1-2,6-16,18H2,3-4H3/b21-20+. The van der Waals surface area contributed by atoms with Crippen LogP contribution in [0.5, 0.6) is 0 Å². The molecule has 5 heteroatoms. The minimum Gasteiger partial charge on any atom is -0.338 e. The van der Waals surface area contributed by atoms with E-state index < -0.39 is 0 Å². The molecular weight excluding hydrogens is 370 g/mol. The molecule has 3 aliphatic rings. The molecule has 0 amide bonds. The molecular formula is C25H37N5. The van der Waals surface area contributed by atoms with Crippen molar-refractivity contribution in [1.29, 1.82) is 0 Å². The van der Waals surface area contributed by atoms with E-state index in [1.165, 1.54) is 41.7 Å². The van der Waals surface area contributed by atoms with Gasteiger partial charge in [-0.3, -0.25) is 9.80 Å². The van der Waals surface area contributed by atoms with Crippen LogP contribution in [0.25, 0.3) is 0 Å². The van der Waals surface area contributed by atoms with Gasteiger partial charge in [-0.1, -0.05) is 31.2 Å². The number of rotatable bonds is 6. The summed E-state index contributed by atoms with van der Waals surface area (Å²) in [5.74, 6) is 0.931. The van der Waals surface area contributed by atoms with Crippen molar-refractivity contribution in [1.82, 2.24) is 19.8 Å². The van der Waals surface area contributed by atoms with Crippen LogP contribution in [0.1, 0.15) is 44.4 Å².